The molecule has 0 spiro atoms. The molecule has 0 aliphatic rings. The average molecular weight is 314 g/mol. The Balaban J connectivity index is 1.87. The van der Waals surface area contributed by atoms with Crippen molar-refractivity contribution < 1.29 is 10.2 Å². The third-order valence-corrected chi connectivity index (χ3v) is 3.47. The van der Waals surface area contributed by atoms with Gasteiger partial charge in [-0.2, -0.15) is 5.10 Å². The first-order chi connectivity index (χ1) is 10.6. The minimum atomic E-state index is 0.0174. The predicted molar refractivity (Wildman–Crippen MR) is 85.7 cm³/mol. The number of rotatable bonds is 4. The van der Waals surface area contributed by atoms with E-state index >= 15 is 0 Å². The molecule has 0 bridgehead atoms. The Hall–Kier alpha value is -2.80. The highest BCUT2D eigenvalue weighted by Gasteiger charge is 2.09. The molecule has 4 N–H and O–H groups in total. The van der Waals surface area contributed by atoms with Crippen LogP contribution in [0.4, 0.5) is 0 Å². The predicted octanol–water partition coefficient (Wildman–Crippen LogP) is 2.76. The lowest BCUT2D eigenvalue weighted by Crippen LogP contribution is -2.16. The monoisotopic (exact) mass is 314 g/mol. The van der Waals surface area contributed by atoms with Crippen LogP contribution in [-0.2, 0) is 6.54 Å². The number of hydrogen-bond acceptors (Lipinski definition) is 5. The minimum Gasteiger partial charge on any atom is -0.508 e. The quantitative estimate of drug-likeness (QED) is 0.556. The van der Waals surface area contributed by atoms with Crippen LogP contribution in [0.2, 0.25) is 0 Å². The summed E-state index contributed by atoms with van der Waals surface area (Å²) < 4.78 is 2.08. The third kappa shape index (κ3) is 2.79. The molecule has 0 saturated carbocycles. The maximum Gasteiger partial charge on any atom is 0.214 e. The number of H-pyrrole nitrogens is 1. The van der Waals surface area contributed by atoms with Crippen molar-refractivity contribution in [1.82, 2.24) is 14.9 Å². The minimum absolute atomic E-state index is 0.0174. The SMILES string of the molecule is Oc1ccc(CNn2c(-c3ccccc3)n[nH]c2=S)c(O)c1. The number of aromatic amines is 1. The number of nitrogens with zero attached hydrogens (tertiary/aromatic N) is 2. The molecule has 3 aromatic rings. The summed E-state index contributed by atoms with van der Waals surface area (Å²) in [5.74, 6) is 0.693. The van der Waals surface area contributed by atoms with E-state index in [1.165, 1.54) is 12.1 Å². The molecule has 0 fully saturated rings. The highest BCUT2D eigenvalue weighted by molar-refractivity contribution is 7.71. The van der Waals surface area contributed by atoms with Crippen molar-refractivity contribution in [2.24, 2.45) is 0 Å². The van der Waals surface area contributed by atoms with E-state index in [1.54, 1.807) is 10.7 Å². The fourth-order valence-corrected chi connectivity index (χ4v) is 2.29. The molecule has 7 heteroatoms. The van der Waals surface area contributed by atoms with Crippen molar-refractivity contribution in [1.29, 1.82) is 0 Å². The van der Waals surface area contributed by atoms with E-state index in [4.69, 9.17) is 12.2 Å². The lowest BCUT2D eigenvalue weighted by molar-refractivity contribution is 0.446. The summed E-state index contributed by atoms with van der Waals surface area (Å²) >= 11 is 5.22. The summed E-state index contributed by atoms with van der Waals surface area (Å²) in [6, 6.07) is 14.1. The lowest BCUT2D eigenvalue weighted by Gasteiger charge is -2.11. The fourth-order valence-electron chi connectivity index (χ4n) is 2.09. The molecular formula is C15H14N4O2S. The highest BCUT2D eigenvalue weighted by atomic mass is 32.1. The molecular weight excluding hydrogens is 300 g/mol. The second-order valence-corrected chi connectivity index (χ2v) is 5.09. The van der Waals surface area contributed by atoms with Crippen molar-refractivity contribution in [2.45, 2.75) is 6.54 Å². The molecule has 1 heterocycles. The summed E-state index contributed by atoms with van der Waals surface area (Å²) in [7, 11) is 0. The molecule has 0 saturated heterocycles. The summed E-state index contributed by atoms with van der Waals surface area (Å²) in [4.78, 5) is 0. The van der Waals surface area contributed by atoms with Crippen LogP contribution in [0.1, 0.15) is 5.56 Å². The van der Waals surface area contributed by atoms with Crippen LogP contribution < -0.4 is 5.43 Å². The number of aromatic hydroxyl groups is 2. The fraction of sp³-hybridized carbons (Fsp3) is 0.0667. The third-order valence-electron chi connectivity index (χ3n) is 3.20. The van der Waals surface area contributed by atoms with Crippen LogP contribution in [0.15, 0.2) is 48.5 Å². The highest BCUT2D eigenvalue weighted by Crippen LogP contribution is 2.23. The molecule has 0 radical (unpaired) electrons. The molecule has 0 aliphatic heterocycles. The van der Waals surface area contributed by atoms with Gasteiger partial charge in [-0.25, -0.2) is 9.77 Å². The number of benzene rings is 2. The summed E-state index contributed by atoms with van der Waals surface area (Å²) in [5, 5.41) is 26.1. The molecule has 2 aromatic carbocycles. The Morgan fingerprint density at radius 1 is 1.14 bits per heavy atom. The average Bonchev–Trinajstić information content (AvgIpc) is 2.88. The maximum atomic E-state index is 9.82. The Kier molecular flexibility index (Phi) is 3.80. The van der Waals surface area contributed by atoms with Crippen LogP contribution in [0, 0.1) is 4.77 Å². The second kappa shape index (κ2) is 5.90. The Bertz CT molecular complexity index is 842. The topological polar surface area (TPSA) is 86.1 Å². The smallest absolute Gasteiger partial charge is 0.214 e. The number of phenols is 2. The van der Waals surface area contributed by atoms with Crippen LogP contribution in [0.25, 0.3) is 11.4 Å². The summed E-state index contributed by atoms with van der Waals surface area (Å²) in [5.41, 5.74) is 4.67. The van der Waals surface area contributed by atoms with Crippen molar-refractivity contribution >= 4 is 12.2 Å². The van der Waals surface area contributed by atoms with E-state index in [0.29, 0.717) is 22.7 Å². The van der Waals surface area contributed by atoms with Crippen LogP contribution in [0.5, 0.6) is 11.5 Å². The van der Waals surface area contributed by atoms with Gasteiger partial charge in [0.2, 0.25) is 4.77 Å². The molecule has 0 atom stereocenters. The molecule has 3 rings (SSSR count). The van der Waals surface area contributed by atoms with E-state index in [-0.39, 0.29) is 11.5 Å². The van der Waals surface area contributed by atoms with Crippen LogP contribution in [-0.4, -0.2) is 25.1 Å². The molecule has 22 heavy (non-hydrogen) atoms. The van der Waals surface area contributed by atoms with Crippen molar-refractivity contribution in [2.75, 3.05) is 5.43 Å². The van der Waals surface area contributed by atoms with E-state index in [9.17, 15) is 10.2 Å². The van der Waals surface area contributed by atoms with Gasteiger partial charge in [-0.3, -0.25) is 0 Å². The summed E-state index contributed by atoms with van der Waals surface area (Å²) in [6.07, 6.45) is 0. The number of aromatic nitrogens is 3. The standard InChI is InChI=1S/C15H14N4O2S/c20-12-7-6-11(13(21)8-12)9-16-19-14(17-18-15(19)22)10-4-2-1-3-5-10/h1-8,16,20-21H,9H2,(H,18,22). The zero-order chi connectivity index (χ0) is 15.5. The van der Waals surface area contributed by atoms with Gasteiger partial charge >= 0.3 is 0 Å². The Morgan fingerprint density at radius 3 is 2.64 bits per heavy atom. The second-order valence-electron chi connectivity index (χ2n) is 4.70. The first-order valence-corrected chi connectivity index (χ1v) is 7.03. The van der Waals surface area contributed by atoms with Gasteiger partial charge in [0.15, 0.2) is 5.82 Å². The molecule has 0 aliphatic carbocycles. The van der Waals surface area contributed by atoms with Gasteiger partial charge in [-0.05, 0) is 24.4 Å². The zero-order valence-electron chi connectivity index (χ0n) is 11.5. The Morgan fingerprint density at radius 2 is 1.91 bits per heavy atom. The molecule has 0 amide bonds. The number of phenolic OH excluding ortho intramolecular Hbond substituents is 2. The summed E-state index contributed by atoms with van der Waals surface area (Å²) in [6.45, 7) is 0.333. The molecule has 0 unspecified atom stereocenters. The van der Waals surface area contributed by atoms with E-state index in [0.717, 1.165) is 5.56 Å². The molecule has 6 nitrogen and oxygen atoms in total. The first kappa shape index (κ1) is 14.2. The van der Waals surface area contributed by atoms with Crippen LogP contribution in [0.3, 0.4) is 0 Å². The van der Waals surface area contributed by atoms with Gasteiger partial charge in [0, 0.05) is 17.2 Å². The zero-order valence-corrected chi connectivity index (χ0v) is 12.3. The van der Waals surface area contributed by atoms with Gasteiger partial charge in [-0.1, -0.05) is 30.3 Å². The largest absolute Gasteiger partial charge is 0.508 e. The van der Waals surface area contributed by atoms with E-state index in [2.05, 4.69) is 15.6 Å². The van der Waals surface area contributed by atoms with Crippen molar-refractivity contribution in [3.05, 3.63) is 58.9 Å². The number of hydrogen-bond donors (Lipinski definition) is 4. The van der Waals surface area contributed by atoms with Gasteiger partial charge in [0.05, 0.1) is 6.54 Å². The lowest BCUT2D eigenvalue weighted by atomic mass is 10.2. The van der Waals surface area contributed by atoms with Gasteiger partial charge in [-0.15, -0.1) is 0 Å². The van der Waals surface area contributed by atoms with Gasteiger partial charge in [0.1, 0.15) is 11.5 Å². The normalized spacial score (nSPS) is 10.5. The van der Waals surface area contributed by atoms with Crippen molar-refractivity contribution in [3.8, 4) is 22.9 Å². The van der Waals surface area contributed by atoms with Gasteiger partial charge < -0.3 is 15.6 Å². The first-order valence-electron chi connectivity index (χ1n) is 6.63. The molecule has 112 valence electrons. The molecule has 1 aromatic heterocycles. The number of nitrogens with one attached hydrogen (secondary N) is 2. The van der Waals surface area contributed by atoms with E-state index < -0.39 is 0 Å². The van der Waals surface area contributed by atoms with Gasteiger partial charge in [0.25, 0.3) is 0 Å². The Labute approximate surface area is 131 Å². The maximum absolute atomic E-state index is 9.82. The van der Waals surface area contributed by atoms with Crippen LogP contribution >= 0.6 is 12.2 Å². The van der Waals surface area contributed by atoms with Crippen molar-refractivity contribution in [3.63, 3.8) is 0 Å². The van der Waals surface area contributed by atoms with E-state index in [1.807, 2.05) is 30.3 Å².